The number of carbonyl (C=O) groups excluding carboxylic acids is 3. The third-order valence-corrected chi connectivity index (χ3v) is 4.13. The number of nitrogens with zero attached hydrogens (tertiary/aromatic N) is 1. The number of hydrogen-bond donors (Lipinski definition) is 4. The van der Waals surface area contributed by atoms with Crippen molar-refractivity contribution < 1.29 is 19.2 Å². The van der Waals surface area contributed by atoms with E-state index in [1.54, 1.807) is 11.8 Å². The lowest BCUT2D eigenvalue weighted by Crippen LogP contribution is -2.36. The van der Waals surface area contributed by atoms with Crippen LogP contribution in [0.15, 0.2) is 24.3 Å². The molecule has 5 N–H and O–H groups in total. The molecule has 0 aliphatic carbocycles. The van der Waals surface area contributed by atoms with Crippen LogP contribution in [0.3, 0.4) is 0 Å². The van der Waals surface area contributed by atoms with Crippen molar-refractivity contribution in [2.24, 2.45) is 5.73 Å². The van der Waals surface area contributed by atoms with Crippen LogP contribution in [0.1, 0.15) is 24.0 Å². The van der Waals surface area contributed by atoms with Crippen LogP contribution < -0.4 is 16.4 Å². The molecule has 1 aliphatic heterocycles. The summed E-state index contributed by atoms with van der Waals surface area (Å²) in [6.07, 6.45) is -0.733. The highest BCUT2D eigenvalue weighted by molar-refractivity contribution is 7.98. The minimum atomic E-state index is -0.853. The van der Waals surface area contributed by atoms with Crippen LogP contribution >= 0.6 is 11.8 Å². The van der Waals surface area contributed by atoms with Gasteiger partial charge in [0.25, 0.3) is 11.8 Å². The van der Waals surface area contributed by atoms with Crippen LogP contribution in [-0.4, -0.2) is 34.8 Å². The van der Waals surface area contributed by atoms with E-state index in [-0.39, 0.29) is 25.3 Å². The van der Waals surface area contributed by atoms with Gasteiger partial charge in [-0.1, -0.05) is 24.3 Å². The summed E-state index contributed by atoms with van der Waals surface area (Å²) < 4.78 is 0. The van der Waals surface area contributed by atoms with E-state index in [2.05, 4.69) is 10.6 Å². The summed E-state index contributed by atoms with van der Waals surface area (Å²) in [4.78, 5) is 39.2. The second-order valence-electron chi connectivity index (χ2n) is 5.22. The van der Waals surface area contributed by atoms with E-state index in [1.807, 2.05) is 24.3 Å². The number of benzene rings is 1. The first-order valence-electron chi connectivity index (χ1n) is 7.50. The molecule has 1 aromatic carbocycles. The molecule has 0 bridgehead atoms. The molecular weight excluding hydrogens is 346 g/mol. The van der Waals surface area contributed by atoms with Crippen molar-refractivity contribution in [1.29, 1.82) is 5.41 Å². The second kappa shape index (κ2) is 8.92. The lowest BCUT2D eigenvalue weighted by Gasteiger charge is -2.13. The molecular formula is C15H19N5O4S. The van der Waals surface area contributed by atoms with Gasteiger partial charge < -0.3 is 21.2 Å². The fourth-order valence-electron chi connectivity index (χ4n) is 2.07. The van der Waals surface area contributed by atoms with Gasteiger partial charge in [0.2, 0.25) is 0 Å². The third kappa shape index (κ3) is 5.99. The number of hydrogen-bond acceptors (Lipinski definition) is 6. The molecule has 9 nitrogen and oxygen atoms in total. The average molecular weight is 365 g/mol. The number of thioether (sulfide) groups is 1. The maximum Gasteiger partial charge on any atom is 0.432 e. The number of nitrogens with one attached hydrogen (secondary N) is 3. The summed E-state index contributed by atoms with van der Waals surface area (Å²) in [7, 11) is 0. The predicted molar refractivity (Wildman–Crippen MR) is 92.1 cm³/mol. The smallest absolute Gasteiger partial charge is 0.370 e. The van der Waals surface area contributed by atoms with E-state index in [9.17, 15) is 14.4 Å². The highest BCUT2D eigenvalue weighted by Gasteiger charge is 2.32. The molecule has 134 valence electrons. The Bertz CT molecular complexity index is 666. The van der Waals surface area contributed by atoms with E-state index in [4.69, 9.17) is 16.0 Å². The van der Waals surface area contributed by atoms with Crippen LogP contribution in [0, 0.1) is 5.41 Å². The molecule has 2 rings (SSSR count). The molecule has 1 aliphatic rings. The summed E-state index contributed by atoms with van der Waals surface area (Å²) in [6, 6.07) is 7.58. The first-order chi connectivity index (χ1) is 12.0. The number of nitrogens with two attached hydrogens (primary N) is 1. The largest absolute Gasteiger partial charge is 0.432 e. The zero-order valence-corrected chi connectivity index (χ0v) is 14.2. The van der Waals surface area contributed by atoms with Crippen LogP contribution in [-0.2, 0) is 26.7 Å². The maximum absolute atomic E-state index is 11.7. The lowest BCUT2D eigenvalue weighted by molar-refractivity contribution is -0.171. The van der Waals surface area contributed by atoms with Crippen molar-refractivity contribution in [3.8, 4) is 0 Å². The SMILES string of the molecule is N=C(N)NCSCc1cccc(CNC(=O)ON2C(=O)CCC2=O)c1. The second-order valence-corrected chi connectivity index (χ2v) is 6.20. The lowest BCUT2D eigenvalue weighted by atomic mass is 10.1. The van der Waals surface area contributed by atoms with Gasteiger partial charge >= 0.3 is 6.09 Å². The van der Waals surface area contributed by atoms with Crippen molar-refractivity contribution in [1.82, 2.24) is 15.7 Å². The first-order valence-corrected chi connectivity index (χ1v) is 8.66. The molecule has 0 spiro atoms. The molecule has 0 atom stereocenters. The van der Waals surface area contributed by atoms with Gasteiger partial charge in [0.05, 0.1) is 5.88 Å². The highest BCUT2D eigenvalue weighted by Crippen LogP contribution is 2.14. The van der Waals surface area contributed by atoms with E-state index < -0.39 is 17.9 Å². The Morgan fingerprint density at radius 2 is 1.92 bits per heavy atom. The van der Waals surface area contributed by atoms with Gasteiger partial charge in [0.1, 0.15) is 0 Å². The van der Waals surface area contributed by atoms with Crippen molar-refractivity contribution in [3.05, 3.63) is 35.4 Å². The monoisotopic (exact) mass is 365 g/mol. The van der Waals surface area contributed by atoms with Gasteiger partial charge in [-0.25, -0.2) is 4.79 Å². The number of carbonyl (C=O) groups is 3. The number of hydroxylamine groups is 2. The summed E-state index contributed by atoms with van der Waals surface area (Å²) in [5.74, 6) is 0.146. The molecule has 0 aromatic heterocycles. The van der Waals surface area contributed by atoms with Gasteiger partial charge in [-0.2, -0.15) is 0 Å². The van der Waals surface area contributed by atoms with Gasteiger partial charge in [-0.15, -0.1) is 16.8 Å². The topological polar surface area (TPSA) is 138 Å². The number of rotatable bonds is 7. The van der Waals surface area contributed by atoms with Crippen molar-refractivity contribution in [2.45, 2.75) is 25.1 Å². The minimum absolute atomic E-state index is 0.0598. The Kier molecular flexibility index (Phi) is 6.63. The normalized spacial score (nSPS) is 13.7. The maximum atomic E-state index is 11.7. The molecule has 0 radical (unpaired) electrons. The van der Waals surface area contributed by atoms with Gasteiger partial charge in [0, 0.05) is 25.1 Å². The molecule has 25 heavy (non-hydrogen) atoms. The summed E-state index contributed by atoms with van der Waals surface area (Å²) in [5.41, 5.74) is 7.10. The van der Waals surface area contributed by atoms with Crippen LogP contribution in [0.25, 0.3) is 0 Å². The molecule has 3 amide bonds. The highest BCUT2D eigenvalue weighted by atomic mass is 32.2. The average Bonchev–Trinajstić information content (AvgIpc) is 2.89. The minimum Gasteiger partial charge on any atom is -0.370 e. The Balaban J connectivity index is 1.77. The molecule has 0 unspecified atom stereocenters. The summed E-state index contributed by atoms with van der Waals surface area (Å²) in [6.45, 7) is 0.208. The molecule has 10 heteroatoms. The number of amides is 3. The van der Waals surface area contributed by atoms with E-state index >= 15 is 0 Å². The standard InChI is InChI=1S/C15H19N5O4S/c16-14(17)19-9-25-8-11-3-1-2-10(6-11)7-18-15(23)24-20-12(21)4-5-13(20)22/h1-3,6H,4-5,7-9H2,(H,18,23)(H4,16,17,19). The third-order valence-electron chi connectivity index (χ3n) is 3.24. The molecule has 0 saturated carbocycles. The zero-order valence-electron chi connectivity index (χ0n) is 13.4. The number of imide groups is 1. The van der Waals surface area contributed by atoms with Crippen LogP contribution in [0.4, 0.5) is 4.79 Å². The first kappa shape index (κ1) is 18.6. The number of guanidine groups is 1. The summed E-state index contributed by atoms with van der Waals surface area (Å²) in [5, 5.41) is 12.8. The van der Waals surface area contributed by atoms with Gasteiger partial charge in [-0.05, 0) is 11.1 Å². The summed E-state index contributed by atoms with van der Waals surface area (Å²) >= 11 is 1.56. The van der Waals surface area contributed by atoms with Crippen LogP contribution in [0.2, 0.25) is 0 Å². The van der Waals surface area contributed by atoms with E-state index in [0.717, 1.165) is 16.9 Å². The molecule has 1 fully saturated rings. The Morgan fingerprint density at radius 1 is 1.24 bits per heavy atom. The van der Waals surface area contributed by atoms with E-state index in [1.165, 1.54) is 0 Å². The van der Waals surface area contributed by atoms with Gasteiger partial charge in [-0.3, -0.25) is 15.0 Å². The fourth-order valence-corrected chi connectivity index (χ4v) is 2.85. The van der Waals surface area contributed by atoms with Crippen molar-refractivity contribution >= 4 is 35.6 Å². The Hall–Kier alpha value is -2.75. The Morgan fingerprint density at radius 3 is 2.60 bits per heavy atom. The fraction of sp³-hybridized carbons (Fsp3) is 0.333. The molecule has 1 aromatic rings. The van der Waals surface area contributed by atoms with Crippen molar-refractivity contribution in [3.63, 3.8) is 0 Å². The zero-order chi connectivity index (χ0) is 18.2. The molecule has 1 saturated heterocycles. The Labute approximate surface area is 148 Å². The van der Waals surface area contributed by atoms with Crippen LogP contribution in [0.5, 0.6) is 0 Å². The predicted octanol–water partition coefficient (Wildman–Crippen LogP) is 0.651. The van der Waals surface area contributed by atoms with Gasteiger partial charge in [0.15, 0.2) is 5.96 Å². The quantitative estimate of drug-likeness (QED) is 0.183. The van der Waals surface area contributed by atoms with E-state index in [0.29, 0.717) is 10.9 Å². The van der Waals surface area contributed by atoms with Crippen molar-refractivity contribution in [2.75, 3.05) is 5.88 Å². The molecule has 1 heterocycles.